The average molecular weight is 277 g/mol. The van der Waals surface area contributed by atoms with Crippen LogP contribution in [0, 0.1) is 19.7 Å². The third-order valence-corrected chi connectivity index (χ3v) is 3.87. The van der Waals surface area contributed by atoms with Crippen LogP contribution < -0.4 is 0 Å². The first kappa shape index (κ1) is 12.5. The van der Waals surface area contributed by atoms with E-state index in [0.717, 1.165) is 41.1 Å². The summed E-state index contributed by atoms with van der Waals surface area (Å²) in [5, 5.41) is 0.468. The Morgan fingerprint density at radius 1 is 1.21 bits per heavy atom. The smallest absolute Gasteiger partial charge is 0.136 e. The lowest BCUT2D eigenvalue weighted by atomic mass is 10.0. The highest BCUT2D eigenvalue weighted by Gasteiger charge is 2.28. The van der Waals surface area contributed by atoms with Crippen molar-refractivity contribution in [2.24, 2.45) is 0 Å². The molecule has 0 saturated heterocycles. The molecular weight excluding hydrogens is 263 g/mol. The molecule has 0 spiro atoms. The van der Waals surface area contributed by atoms with Gasteiger partial charge in [0.15, 0.2) is 0 Å². The summed E-state index contributed by atoms with van der Waals surface area (Å²) in [5.41, 5.74) is 3.34. The van der Waals surface area contributed by atoms with Crippen LogP contribution in [-0.4, -0.2) is 9.97 Å². The predicted molar refractivity (Wildman–Crippen MR) is 73.9 cm³/mol. The minimum absolute atomic E-state index is 0.261. The summed E-state index contributed by atoms with van der Waals surface area (Å²) in [7, 11) is 0. The van der Waals surface area contributed by atoms with Crippen molar-refractivity contribution < 1.29 is 4.39 Å². The van der Waals surface area contributed by atoms with E-state index in [2.05, 4.69) is 9.97 Å². The third kappa shape index (κ3) is 2.35. The molecule has 0 amide bonds. The molecule has 1 fully saturated rings. The van der Waals surface area contributed by atoms with Crippen molar-refractivity contribution in [3.8, 4) is 11.3 Å². The summed E-state index contributed by atoms with van der Waals surface area (Å²) < 4.78 is 13.5. The molecule has 0 unspecified atom stereocenters. The molecule has 1 aromatic heterocycles. The number of nitrogens with zero attached hydrogens (tertiary/aromatic N) is 2. The van der Waals surface area contributed by atoms with E-state index in [9.17, 15) is 4.39 Å². The fourth-order valence-corrected chi connectivity index (χ4v) is 2.32. The van der Waals surface area contributed by atoms with Gasteiger partial charge in [-0.05, 0) is 44.4 Å². The molecule has 4 heteroatoms. The number of aromatic nitrogens is 2. The van der Waals surface area contributed by atoms with E-state index in [1.54, 1.807) is 6.07 Å². The fraction of sp³-hybridized carbons (Fsp3) is 0.333. The van der Waals surface area contributed by atoms with Gasteiger partial charge in [0.1, 0.15) is 16.8 Å². The molecule has 0 N–H and O–H groups in total. The second-order valence-corrected chi connectivity index (χ2v) is 5.44. The van der Waals surface area contributed by atoms with Crippen LogP contribution >= 0.6 is 11.6 Å². The summed E-state index contributed by atoms with van der Waals surface area (Å²) in [6.07, 6.45) is 2.22. The van der Waals surface area contributed by atoms with Gasteiger partial charge in [0.25, 0.3) is 0 Å². The predicted octanol–water partition coefficient (Wildman–Crippen LogP) is 4.43. The molecule has 2 nitrogen and oxygen atoms in total. The van der Waals surface area contributed by atoms with Gasteiger partial charge < -0.3 is 0 Å². The molecule has 1 aliphatic carbocycles. The molecule has 2 aromatic rings. The number of aryl methyl sites for hydroxylation is 1. The van der Waals surface area contributed by atoms with E-state index in [4.69, 9.17) is 11.6 Å². The highest BCUT2D eigenvalue weighted by molar-refractivity contribution is 6.30. The molecule has 0 radical (unpaired) electrons. The van der Waals surface area contributed by atoms with Crippen molar-refractivity contribution in [1.29, 1.82) is 0 Å². The van der Waals surface area contributed by atoms with Crippen molar-refractivity contribution >= 4 is 11.6 Å². The maximum Gasteiger partial charge on any atom is 0.136 e. The minimum atomic E-state index is -0.261. The Bertz CT molecular complexity index is 651. The summed E-state index contributed by atoms with van der Waals surface area (Å²) in [4.78, 5) is 8.94. The van der Waals surface area contributed by atoms with Crippen LogP contribution in [0.3, 0.4) is 0 Å². The topological polar surface area (TPSA) is 25.8 Å². The van der Waals surface area contributed by atoms with Crippen molar-refractivity contribution in [2.75, 3.05) is 0 Å². The van der Waals surface area contributed by atoms with Crippen LogP contribution in [0.4, 0.5) is 4.39 Å². The molecule has 0 atom stereocenters. The standard InChI is InChI=1S/C15H14ClFN2/c1-8-3-6-11(17)7-12(8)13-9(2)14(16)19-15(18-13)10-4-5-10/h3,6-7,10H,4-5H2,1-2H3. The summed E-state index contributed by atoms with van der Waals surface area (Å²) in [5.74, 6) is 0.947. The van der Waals surface area contributed by atoms with Gasteiger partial charge in [0.2, 0.25) is 0 Å². The number of rotatable bonds is 2. The molecule has 19 heavy (non-hydrogen) atoms. The van der Waals surface area contributed by atoms with Gasteiger partial charge in [0.05, 0.1) is 5.69 Å². The molecule has 0 bridgehead atoms. The second-order valence-electron chi connectivity index (χ2n) is 5.08. The monoisotopic (exact) mass is 276 g/mol. The first-order valence-electron chi connectivity index (χ1n) is 6.37. The van der Waals surface area contributed by atoms with Gasteiger partial charge in [-0.2, -0.15) is 0 Å². The zero-order chi connectivity index (χ0) is 13.6. The minimum Gasteiger partial charge on any atom is -0.232 e. The zero-order valence-corrected chi connectivity index (χ0v) is 11.6. The van der Waals surface area contributed by atoms with E-state index in [1.165, 1.54) is 12.1 Å². The van der Waals surface area contributed by atoms with Crippen LogP contribution in [0.25, 0.3) is 11.3 Å². The van der Waals surface area contributed by atoms with Crippen LogP contribution in [0.15, 0.2) is 18.2 Å². The lowest BCUT2D eigenvalue weighted by molar-refractivity contribution is 0.628. The first-order valence-corrected chi connectivity index (χ1v) is 6.74. The molecule has 1 saturated carbocycles. The Balaban J connectivity index is 2.20. The van der Waals surface area contributed by atoms with Gasteiger partial charge in [-0.3, -0.25) is 0 Å². The Morgan fingerprint density at radius 3 is 2.63 bits per heavy atom. The Hall–Kier alpha value is -1.48. The van der Waals surface area contributed by atoms with Gasteiger partial charge in [-0.25, -0.2) is 14.4 Å². The number of hydrogen-bond donors (Lipinski definition) is 0. The lowest BCUT2D eigenvalue weighted by Gasteiger charge is -2.11. The number of benzene rings is 1. The van der Waals surface area contributed by atoms with Crippen LogP contribution in [0.5, 0.6) is 0 Å². The normalized spacial score (nSPS) is 14.7. The average Bonchev–Trinajstić information content (AvgIpc) is 3.20. The van der Waals surface area contributed by atoms with Crippen LogP contribution in [-0.2, 0) is 0 Å². The van der Waals surface area contributed by atoms with Gasteiger partial charge in [-0.15, -0.1) is 0 Å². The van der Waals surface area contributed by atoms with Crippen molar-refractivity contribution in [2.45, 2.75) is 32.6 Å². The van der Waals surface area contributed by atoms with E-state index in [-0.39, 0.29) is 5.82 Å². The molecule has 0 aliphatic heterocycles. The number of halogens is 2. The fourth-order valence-electron chi connectivity index (χ4n) is 2.14. The molecule has 1 aliphatic rings. The highest BCUT2D eigenvalue weighted by atomic mass is 35.5. The lowest BCUT2D eigenvalue weighted by Crippen LogP contribution is -2.00. The van der Waals surface area contributed by atoms with Crippen LogP contribution in [0.2, 0.25) is 5.15 Å². The van der Waals surface area contributed by atoms with E-state index in [0.29, 0.717) is 11.1 Å². The van der Waals surface area contributed by atoms with Gasteiger partial charge in [-0.1, -0.05) is 17.7 Å². The Morgan fingerprint density at radius 2 is 1.95 bits per heavy atom. The van der Waals surface area contributed by atoms with Crippen molar-refractivity contribution in [1.82, 2.24) is 9.97 Å². The molecule has 1 heterocycles. The second kappa shape index (κ2) is 4.57. The quantitative estimate of drug-likeness (QED) is 0.758. The maximum atomic E-state index is 13.5. The number of hydrogen-bond acceptors (Lipinski definition) is 2. The SMILES string of the molecule is Cc1ccc(F)cc1-c1nc(C2CC2)nc(Cl)c1C. The largest absolute Gasteiger partial charge is 0.232 e. The van der Waals surface area contributed by atoms with Crippen LogP contribution in [0.1, 0.15) is 35.7 Å². The summed E-state index contributed by atoms with van der Waals surface area (Å²) in [6, 6.07) is 4.73. The first-order chi connectivity index (χ1) is 9.06. The van der Waals surface area contributed by atoms with E-state index in [1.807, 2.05) is 13.8 Å². The zero-order valence-electron chi connectivity index (χ0n) is 10.9. The summed E-state index contributed by atoms with van der Waals surface area (Å²) >= 11 is 6.19. The summed E-state index contributed by atoms with van der Waals surface area (Å²) in [6.45, 7) is 3.82. The van der Waals surface area contributed by atoms with E-state index < -0.39 is 0 Å². The van der Waals surface area contributed by atoms with Gasteiger partial charge >= 0.3 is 0 Å². The Kier molecular flexibility index (Phi) is 3.02. The third-order valence-electron chi connectivity index (χ3n) is 3.50. The Labute approximate surface area is 116 Å². The molecule has 98 valence electrons. The van der Waals surface area contributed by atoms with Crippen molar-refractivity contribution in [3.05, 3.63) is 46.1 Å². The maximum absolute atomic E-state index is 13.5. The molecule has 1 aromatic carbocycles. The molecule has 3 rings (SSSR count). The molecular formula is C15H14ClFN2. The van der Waals surface area contributed by atoms with Crippen molar-refractivity contribution in [3.63, 3.8) is 0 Å². The highest BCUT2D eigenvalue weighted by Crippen LogP contribution is 2.40. The van der Waals surface area contributed by atoms with E-state index >= 15 is 0 Å². The van der Waals surface area contributed by atoms with Gasteiger partial charge in [0, 0.05) is 17.0 Å².